The lowest BCUT2D eigenvalue weighted by atomic mass is 9.87. The second-order valence-corrected chi connectivity index (χ2v) is 10.7. The van der Waals surface area contributed by atoms with Crippen LogP contribution in [0.3, 0.4) is 0 Å². The zero-order valence-electron chi connectivity index (χ0n) is 22.6. The summed E-state index contributed by atoms with van der Waals surface area (Å²) < 4.78 is 243. The molecule has 3 aromatic carbocycles. The van der Waals surface area contributed by atoms with Crippen LogP contribution in [0.4, 0.5) is 74.6 Å². The Hall–Kier alpha value is -3.93. The number of rotatable bonds is 8. The van der Waals surface area contributed by atoms with Crippen LogP contribution < -0.4 is 0 Å². The molecule has 0 N–H and O–H groups in total. The minimum Gasteiger partial charge on any atom is -0.456 e. The van der Waals surface area contributed by atoms with E-state index in [0.717, 1.165) is 11.6 Å². The first-order valence-electron chi connectivity index (χ1n) is 12.6. The molecular formula is C28H13F17O2. The summed E-state index contributed by atoms with van der Waals surface area (Å²) in [7, 11) is 0. The third-order valence-electron chi connectivity index (χ3n) is 7.50. The van der Waals surface area contributed by atoms with Gasteiger partial charge in [0.2, 0.25) is 0 Å². The lowest BCUT2D eigenvalue weighted by Crippen LogP contribution is -2.74. The van der Waals surface area contributed by atoms with Gasteiger partial charge in [0, 0.05) is 28.0 Å². The standard InChI is InChI=1S/C28H13F17O2/c1-11-2-4-13-15-8-20-16(9-19(15)46-17(13)6-11)14-5-3-12(7-18(14)47-20)10-21(29,30)22(31,32)23(33,34)24(35,36)25(37,38)26(39,40)27(41,42)28(43,44)45/h2-9H,10H2,1H3. The van der Waals surface area contributed by atoms with Gasteiger partial charge in [-0.05, 0) is 42.3 Å². The maximum Gasteiger partial charge on any atom is 0.460 e. The van der Waals surface area contributed by atoms with E-state index in [9.17, 15) is 74.6 Å². The molecule has 0 unspecified atom stereocenters. The predicted octanol–water partition coefficient (Wildman–Crippen LogP) is 11.3. The zero-order valence-corrected chi connectivity index (χ0v) is 22.6. The van der Waals surface area contributed by atoms with Crippen molar-refractivity contribution in [2.75, 3.05) is 0 Å². The van der Waals surface area contributed by atoms with Crippen molar-refractivity contribution in [3.8, 4) is 0 Å². The van der Waals surface area contributed by atoms with Crippen LogP contribution in [-0.4, -0.2) is 47.6 Å². The van der Waals surface area contributed by atoms with E-state index in [4.69, 9.17) is 8.83 Å². The number of alkyl halides is 17. The van der Waals surface area contributed by atoms with Crippen molar-refractivity contribution in [1.82, 2.24) is 0 Å². The van der Waals surface area contributed by atoms with Gasteiger partial charge in [-0.3, -0.25) is 0 Å². The van der Waals surface area contributed by atoms with Gasteiger partial charge in [0.15, 0.2) is 0 Å². The first-order valence-corrected chi connectivity index (χ1v) is 12.6. The number of halogens is 17. The van der Waals surface area contributed by atoms with Crippen LogP contribution in [-0.2, 0) is 6.42 Å². The summed E-state index contributed by atoms with van der Waals surface area (Å²) in [5, 5.41) is 1.49. The van der Waals surface area contributed by atoms with Crippen LogP contribution in [0, 0.1) is 6.92 Å². The average Bonchev–Trinajstić information content (AvgIpc) is 3.45. The molecule has 0 radical (unpaired) electrons. The molecule has 19 heteroatoms. The van der Waals surface area contributed by atoms with E-state index in [0.29, 0.717) is 34.1 Å². The highest BCUT2D eigenvalue weighted by molar-refractivity contribution is 6.14. The molecule has 2 nitrogen and oxygen atoms in total. The van der Waals surface area contributed by atoms with Crippen LogP contribution in [0.1, 0.15) is 11.1 Å². The third-order valence-corrected chi connectivity index (χ3v) is 7.50. The molecule has 47 heavy (non-hydrogen) atoms. The van der Waals surface area contributed by atoms with Gasteiger partial charge in [0.25, 0.3) is 0 Å². The van der Waals surface area contributed by atoms with E-state index >= 15 is 0 Å². The average molecular weight is 704 g/mol. The highest BCUT2D eigenvalue weighted by Crippen LogP contribution is 2.64. The molecule has 5 aromatic rings. The summed E-state index contributed by atoms with van der Waals surface area (Å²) in [5.74, 6) is -56.7. The summed E-state index contributed by atoms with van der Waals surface area (Å²) >= 11 is 0. The summed E-state index contributed by atoms with van der Waals surface area (Å²) in [5.41, 5.74) is 0.259. The van der Waals surface area contributed by atoms with Gasteiger partial charge in [-0.1, -0.05) is 24.3 Å². The van der Waals surface area contributed by atoms with Crippen molar-refractivity contribution < 1.29 is 83.5 Å². The molecule has 2 heterocycles. The molecule has 0 atom stereocenters. The largest absolute Gasteiger partial charge is 0.460 e. The van der Waals surface area contributed by atoms with Gasteiger partial charge in [-0.2, -0.15) is 74.6 Å². The highest BCUT2D eigenvalue weighted by Gasteiger charge is 2.95. The Morgan fingerprint density at radius 3 is 1.28 bits per heavy atom. The van der Waals surface area contributed by atoms with E-state index in [1.165, 1.54) is 12.1 Å². The number of aryl methyl sites for hydroxylation is 1. The minimum absolute atomic E-state index is 0.0648. The third kappa shape index (κ3) is 4.53. The second kappa shape index (κ2) is 9.81. The molecule has 0 aliphatic carbocycles. The lowest BCUT2D eigenvalue weighted by Gasteiger charge is -2.42. The van der Waals surface area contributed by atoms with E-state index in [-0.39, 0.29) is 21.9 Å². The van der Waals surface area contributed by atoms with Crippen LogP contribution in [0.15, 0.2) is 57.4 Å². The maximum absolute atomic E-state index is 14.6. The minimum atomic E-state index is -8.67. The molecule has 0 fully saturated rings. The van der Waals surface area contributed by atoms with Crippen LogP contribution >= 0.6 is 0 Å². The van der Waals surface area contributed by atoms with Gasteiger partial charge >= 0.3 is 47.6 Å². The van der Waals surface area contributed by atoms with Crippen molar-refractivity contribution in [2.45, 2.75) is 61.0 Å². The quantitative estimate of drug-likeness (QED) is 0.150. The van der Waals surface area contributed by atoms with Crippen molar-refractivity contribution in [3.63, 3.8) is 0 Å². The molecule has 0 aliphatic heterocycles. The Kier molecular flexibility index (Phi) is 7.18. The summed E-state index contributed by atoms with van der Waals surface area (Å²) in [6, 6.07) is 10.2. The fraction of sp³-hybridized carbons (Fsp3) is 0.357. The topological polar surface area (TPSA) is 26.3 Å². The fourth-order valence-corrected chi connectivity index (χ4v) is 4.87. The Bertz CT molecular complexity index is 2010. The SMILES string of the molecule is Cc1ccc2c(c1)oc1cc3c(cc12)oc1cc(CC(F)(F)C(F)(F)C(F)(F)C(F)(F)C(F)(F)C(F)(F)C(F)(F)C(F)(F)F)ccc13. The van der Waals surface area contributed by atoms with Crippen molar-refractivity contribution in [2.24, 2.45) is 0 Å². The Morgan fingerprint density at radius 2 is 0.809 bits per heavy atom. The first kappa shape index (κ1) is 34.4. The fourth-order valence-electron chi connectivity index (χ4n) is 4.87. The van der Waals surface area contributed by atoms with Crippen molar-refractivity contribution in [1.29, 1.82) is 0 Å². The van der Waals surface area contributed by atoms with Crippen LogP contribution in [0.2, 0.25) is 0 Å². The number of fused-ring (bicyclic) bond motifs is 6. The first-order chi connectivity index (χ1) is 21.1. The Balaban J connectivity index is 1.50. The monoisotopic (exact) mass is 704 g/mol. The highest BCUT2D eigenvalue weighted by atomic mass is 19.4. The van der Waals surface area contributed by atoms with E-state index in [2.05, 4.69) is 0 Å². The number of hydrogen-bond acceptors (Lipinski definition) is 2. The molecule has 0 spiro atoms. The predicted molar refractivity (Wildman–Crippen MR) is 130 cm³/mol. The number of furan rings is 2. The number of hydrogen-bond donors (Lipinski definition) is 0. The summed E-state index contributed by atoms with van der Waals surface area (Å²) in [4.78, 5) is 0. The smallest absolute Gasteiger partial charge is 0.456 e. The molecule has 256 valence electrons. The number of benzene rings is 3. The van der Waals surface area contributed by atoms with E-state index in [1.807, 2.05) is 0 Å². The van der Waals surface area contributed by atoms with Crippen molar-refractivity contribution >= 4 is 43.9 Å². The molecule has 2 aromatic heterocycles. The van der Waals surface area contributed by atoms with Gasteiger partial charge in [-0.25, -0.2) is 0 Å². The summed E-state index contributed by atoms with van der Waals surface area (Å²) in [6.07, 6.45) is -10.5. The molecule has 0 saturated heterocycles. The molecular weight excluding hydrogens is 691 g/mol. The zero-order chi connectivity index (χ0) is 35.6. The molecule has 0 amide bonds. The molecule has 5 rings (SSSR count). The Labute approximate surface area is 248 Å². The van der Waals surface area contributed by atoms with E-state index < -0.39 is 59.6 Å². The molecule has 0 saturated carbocycles. The lowest BCUT2D eigenvalue weighted by molar-refractivity contribution is -0.461. The van der Waals surface area contributed by atoms with Gasteiger partial charge in [0.05, 0.1) is 0 Å². The maximum atomic E-state index is 14.6. The van der Waals surface area contributed by atoms with Gasteiger partial charge in [0.1, 0.15) is 22.3 Å². The van der Waals surface area contributed by atoms with Gasteiger partial charge in [-0.15, -0.1) is 0 Å². The van der Waals surface area contributed by atoms with Crippen LogP contribution in [0.5, 0.6) is 0 Å². The molecule has 0 bridgehead atoms. The van der Waals surface area contributed by atoms with E-state index in [1.54, 1.807) is 25.1 Å². The summed E-state index contributed by atoms with van der Waals surface area (Å²) in [6.45, 7) is 1.79. The van der Waals surface area contributed by atoms with Crippen molar-refractivity contribution in [3.05, 3.63) is 59.7 Å². The molecule has 0 aliphatic rings. The van der Waals surface area contributed by atoms with Crippen LogP contribution in [0.25, 0.3) is 43.9 Å². The second-order valence-electron chi connectivity index (χ2n) is 10.7. The normalized spacial score (nSPS) is 15.1. The van der Waals surface area contributed by atoms with Gasteiger partial charge < -0.3 is 8.83 Å². The Morgan fingerprint density at radius 1 is 0.426 bits per heavy atom.